The van der Waals surface area contributed by atoms with E-state index in [1.807, 2.05) is 26.0 Å². The molecule has 2 atom stereocenters. The fourth-order valence-corrected chi connectivity index (χ4v) is 3.05. The molecule has 6 heteroatoms. The Kier molecular flexibility index (Phi) is 5.50. The lowest BCUT2D eigenvalue weighted by molar-refractivity contribution is -0.119. The van der Waals surface area contributed by atoms with Gasteiger partial charge in [-0.15, -0.1) is 11.3 Å². The molecule has 112 valence electrons. The number of carbonyl (C=O) groups excluding carboxylic acids is 1. The minimum atomic E-state index is -0.234. The van der Waals surface area contributed by atoms with Gasteiger partial charge < -0.3 is 11.1 Å². The molecule has 0 bridgehead atoms. The molecule has 2 aromatic rings. The number of nitrogens with zero attached hydrogens (tertiary/aromatic N) is 1. The summed E-state index contributed by atoms with van der Waals surface area (Å²) in [5, 5.41) is 3.44. The molecular weight excluding hydrogens is 350 g/mol. The molecule has 3 N–H and O–H groups in total. The highest BCUT2D eigenvalue weighted by Crippen LogP contribution is 2.23. The van der Waals surface area contributed by atoms with Crippen molar-refractivity contribution in [3.05, 3.63) is 45.4 Å². The van der Waals surface area contributed by atoms with Gasteiger partial charge in [0.05, 0.1) is 5.92 Å². The van der Waals surface area contributed by atoms with Crippen LogP contribution >= 0.6 is 27.3 Å². The largest absolute Gasteiger partial charge is 0.327 e. The summed E-state index contributed by atoms with van der Waals surface area (Å²) in [6.07, 6.45) is 2.60. The van der Waals surface area contributed by atoms with E-state index in [0.717, 1.165) is 15.8 Å². The average molecular weight is 368 g/mol. The van der Waals surface area contributed by atoms with E-state index in [-0.39, 0.29) is 17.9 Å². The third-order valence-corrected chi connectivity index (χ3v) is 4.66. The molecule has 0 aliphatic rings. The van der Waals surface area contributed by atoms with Gasteiger partial charge in [-0.1, -0.05) is 35.0 Å². The van der Waals surface area contributed by atoms with Crippen molar-refractivity contribution in [2.45, 2.75) is 26.3 Å². The maximum Gasteiger partial charge on any atom is 0.230 e. The van der Waals surface area contributed by atoms with Crippen LogP contribution in [0.3, 0.4) is 0 Å². The lowest BCUT2D eigenvalue weighted by Crippen LogP contribution is -2.34. The number of aromatic nitrogens is 1. The van der Waals surface area contributed by atoms with E-state index in [1.54, 1.807) is 6.20 Å². The van der Waals surface area contributed by atoms with Gasteiger partial charge in [0.15, 0.2) is 5.13 Å². The molecule has 0 aliphatic heterocycles. The first-order valence-electron chi connectivity index (χ1n) is 6.71. The summed E-state index contributed by atoms with van der Waals surface area (Å²) in [7, 11) is 0. The maximum atomic E-state index is 11.9. The van der Waals surface area contributed by atoms with Gasteiger partial charge in [0, 0.05) is 28.0 Å². The summed E-state index contributed by atoms with van der Waals surface area (Å²) in [5.74, 6) is -0.323. The van der Waals surface area contributed by atoms with Crippen LogP contribution in [0.2, 0.25) is 0 Å². The average Bonchev–Trinajstić information content (AvgIpc) is 2.84. The summed E-state index contributed by atoms with van der Waals surface area (Å²) < 4.78 is 1.06. The predicted molar refractivity (Wildman–Crippen MR) is 90.5 cm³/mol. The number of nitrogens with two attached hydrogens (primary N) is 1. The predicted octanol–water partition coefficient (Wildman–Crippen LogP) is 3.42. The van der Waals surface area contributed by atoms with Gasteiger partial charge in [0.2, 0.25) is 5.91 Å². The molecule has 1 aromatic heterocycles. The number of rotatable bonds is 5. The van der Waals surface area contributed by atoms with Gasteiger partial charge >= 0.3 is 0 Å². The lowest BCUT2D eigenvalue weighted by Gasteiger charge is -2.13. The number of benzene rings is 1. The maximum absolute atomic E-state index is 11.9. The summed E-state index contributed by atoms with van der Waals surface area (Å²) >= 11 is 4.95. The molecule has 1 aromatic carbocycles. The Hall–Kier alpha value is -1.24. The fourth-order valence-electron chi connectivity index (χ4n) is 1.75. The highest BCUT2D eigenvalue weighted by molar-refractivity contribution is 9.10. The number of hydrogen-bond acceptors (Lipinski definition) is 4. The van der Waals surface area contributed by atoms with Crippen molar-refractivity contribution in [2.24, 2.45) is 11.7 Å². The zero-order valence-electron chi connectivity index (χ0n) is 12.0. The first-order chi connectivity index (χ1) is 9.95. The molecule has 0 saturated carbocycles. The Balaban J connectivity index is 2.00. The molecule has 2 rings (SSSR count). The van der Waals surface area contributed by atoms with Crippen LogP contribution in [0.4, 0.5) is 5.13 Å². The van der Waals surface area contributed by atoms with E-state index in [4.69, 9.17) is 5.73 Å². The third-order valence-electron chi connectivity index (χ3n) is 3.25. The normalized spacial score (nSPS) is 13.7. The van der Waals surface area contributed by atoms with Gasteiger partial charge in [0.25, 0.3) is 0 Å². The zero-order chi connectivity index (χ0) is 15.4. The van der Waals surface area contributed by atoms with E-state index in [9.17, 15) is 4.79 Å². The molecule has 0 spiro atoms. The number of anilines is 1. The van der Waals surface area contributed by atoms with Crippen LogP contribution in [0.25, 0.3) is 0 Å². The van der Waals surface area contributed by atoms with Crippen molar-refractivity contribution < 1.29 is 4.79 Å². The highest BCUT2D eigenvalue weighted by atomic mass is 79.9. The van der Waals surface area contributed by atoms with Crippen molar-refractivity contribution >= 4 is 38.3 Å². The second kappa shape index (κ2) is 7.15. The molecule has 4 nitrogen and oxygen atoms in total. The van der Waals surface area contributed by atoms with E-state index in [0.29, 0.717) is 5.13 Å². The van der Waals surface area contributed by atoms with Crippen molar-refractivity contribution in [3.8, 4) is 0 Å². The van der Waals surface area contributed by atoms with Crippen LogP contribution in [0.5, 0.6) is 0 Å². The second-order valence-electron chi connectivity index (χ2n) is 5.08. The Morgan fingerprint density at radius 3 is 2.90 bits per heavy atom. The summed E-state index contributed by atoms with van der Waals surface area (Å²) in [6.45, 7) is 3.64. The Morgan fingerprint density at radius 2 is 2.24 bits per heavy atom. The molecule has 21 heavy (non-hydrogen) atoms. The number of amides is 1. The van der Waals surface area contributed by atoms with Crippen molar-refractivity contribution in [1.29, 1.82) is 0 Å². The summed E-state index contributed by atoms with van der Waals surface area (Å²) in [6, 6.07) is 7.98. The molecular formula is C15H18BrN3OS. The van der Waals surface area contributed by atoms with Gasteiger partial charge in [-0.05, 0) is 24.6 Å². The van der Waals surface area contributed by atoms with Crippen LogP contribution in [-0.2, 0) is 11.2 Å². The van der Waals surface area contributed by atoms with Crippen molar-refractivity contribution in [2.75, 3.05) is 5.32 Å². The van der Waals surface area contributed by atoms with Gasteiger partial charge in [-0.2, -0.15) is 0 Å². The van der Waals surface area contributed by atoms with E-state index >= 15 is 0 Å². The standard InChI is InChI=1S/C15H18BrN3OS/c1-9(10(2)17)14(20)19-15-18-8-13(21-15)7-11-4-3-5-12(16)6-11/h3-6,8-10H,7,17H2,1-2H3,(H,18,19,20). The molecule has 2 unspecified atom stereocenters. The molecule has 0 fully saturated rings. The number of nitrogens with one attached hydrogen (secondary N) is 1. The minimum absolute atomic E-state index is 0.0895. The number of halogens is 1. The smallest absolute Gasteiger partial charge is 0.230 e. The number of thiazole rings is 1. The Bertz CT molecular complexity index is 627. The molecule has 0 aliphatic carbocycles. The van der Waals surface area contributed by atoms with E-state index in [2.05, 4.69) is 38.4 Å². The molecule has 0 saturated heterocycles. The fraction of sp³-hybridized carbons (Fsp3) is 0.333. The zero-order valence-corrected chi connectivity index (χ0v) is 14.4. The summed E-state index contributed by atoms with van der Waals surface area (Å²) in [5.41, 5.74) is 6.93. The van der Waals surface area contributed by atoms with Crippen molar-refractivity contribution in [3.63, 3.8) is 0 Å². The second-order valence-corrected chi connectivity index (χ2v) is 7.11. The number of hydrogen-bond donors (Lipinski definition) is 2. The van der Waals surface area contributed by atoms with Gasteiger partial charge in [0.1, 0.15) is 0 Å². The molecule has 1 heterocycles. The lowest BCUT2D eigenvalue weighted by atomic mass is 10.0. The van der Waals surface area contributed by atoms with Crippen LogP contribution in [-0.4, -0.2) is 16.9 Å². The van der Waals surface area contributed by atoms with Crippen LogP contribution < -0.4 is 11.1 Å². The first-order valence-corrected chi connectivity index (χ1v) is 8.32. The summed E-state index contributed by atoms with van der Waals surface area (Å²) in [4.78, 5) is 17.3. The minimum Gasteiger partial charge on any atom is -0.327 e. The molecule has 1 amide bonds. The van der Waals surface area contributed by atoms with Crippen LogP contribution in [0, 0.1) is 5.92 Å². The monoisotopic (exact) mass is 367 g/mol. The van der Waals surface area contributed by atoms with E-state index in [1.165, 1.54) is 16.9 Å². The first kappa shape index (κ1) is 16.1. The topological polar surface area (TPSA) is 68.0 Å². The Morgan fingerprint density at radius 1 is 1.48 bits per heavy atom. The highest BCUT2D eigenvalue weighted by Gasteiger charge is 2.18. The van der Waals surface area contributed by atoms with E-state index < -0.39 is 0 Å². The van der Waals surface area contributed by atoms with Crippen molar-refractivity contribution in [1.82, 2.24) is 4.98 Å². The van der Waals surface area contributed by atoms with Crippen LogP contribution in [0.15, 0.2) is 34.9 Å². The van der Waals surface area contributed by atoms with Crippen LogP contribution in [0.1, 0.15) is 24.3 Å². The van der Waals surface area contributed by atoms with Gasteiger partial charge in [-0.25, -0.2) is 4.98 Å². The number of carbonyl (C=O) groups is 1. The van der Waals surface area contributed by atoms with Gasteiger partial charge in [-0.3, -0.25) is 4.79 Å². The Labute approximate surface area is 136 Å². The molecule has 0 radical (unpaired) electrons. The SMILES string of the molecule is CC(N)C(C)C(=O)Nc1ncc(Cc2cccc(Br)c2)s1. The third kappa shape index (κ3) is 4.62. The quantitative estimate of drug-likeness (QED) is 0.850.